The first-order chi connectivity index (χ1) is 13.4. The standard InChI is InChI=1S/C20H21ClN2O4S/c1-27-18-12-11-17(22-20(24)14-5-3-2-4-6-14)13-19(18)28(25,26)23-16-9-7-15(21)8-10-16/h2-3,7-14,23H,4-6H2,1H3,(H,22,24). The second-order valence-corrected chi connectivity index (χ2v) is 8.54. The van der Waals surface area contributed by atoms with E-state index in [1.807, 2.05) is 6.08 Å². The van der Waals surface area contributed by atoms with E-state index in [2.05, 4.69) is 16.1 Å². The van der Waals surface area contributed by atoms with Crippen LogP contribution in [0.3, 0.4) is 0 Å². The van der Waals surface area contributed by atoms with E-state index in [-0.39, 0.29) is 22.5 Å². The molecule has 0 radical (unpaired) electrons. The summed E-state index contributed by atoms with van der Waals surface area (Å²) in [4.78, 5) is 12.4. The highest BCUT2D eigenvalue weighted by molar-refractivity contribution is 7.92. The van der Waals surface area contributed by atoms with E-state index in [1.54, 1.807) is 30.3 Å². The summed E-state index contributed by atoms with van der Waals surface area (Å²) in [6, 6.07) is 10.8. The van der Waals surface area contributed by atoms with Gasteiger partial charge in [-0.05, 0) is 61.7 Å². The van der Waals surface area contributed by atoms with Crippen molar-refractivity contribution in [2.24, 2.45) is 5.92 Å². The molecule has 0 aliphatic heterocycles. The molecule has 1 aliphatic rings. The van der Waals surface area contributed by atoms with Gasteiger partial charge in [0.1, 0.15) is 10.6 Å². The molecule has 3 rings (SSSR count). The van der Waals surface area contributed by atoms with Gasteiger partial charge in [-0.25, -0.2) is 8.42 Å². The molecule has 0 spiro atoms. The number of halogens is 1. The van der Waals surface area contributed by atoms with E-state index in [0.717, 1.165) is 12.8 Å². The second kappa shape index (κ2) is 8.67. The molecule has 2 aromatic carbocycles. The zero-order valence-corrected chi connectivity index (χ0v) is 16.9. The predicted molar refractivity (Wildman–Crippen MR) is 110 cm³/mol. The van der Waals surface area contributed by atoms with Crippen LogP contribution >= 0.6 is 11.6 Å². The lowest BCUT2D eigenvalue weighted by molar-refractivity contribution is -0.120. The zero-order chi connectivity index (χ0) is 20.1. The van der Waals surface area contributed by atoms with E-state index in [1.165, 1.54) is 19.2 Å². The molecule has 1 unspecified atom stereocenters. The summed E-state index contributed by atoms with van der Waals surface area (Å²) in [5.74, 6) is -0.0528. The lowest BCUT2D eigenvalue weighted by atomic mass is 9.93. The van der Waals surface area contributed by atoms with Crippen molar-refractivity contribution in [2.75, 3.05) is 17.1 Å². The third-order valence-corrected chi connectivity index (χ3v) is 6.11. The van der Waals surface area contributed by atoms with Gasteiger partial charge in [0.25, 0.3) is 10.0 Å². The lowest BCUT2D eigenvalue weighted by Gasteiger charge is -2.18. The molecule has 0 fully saturated rings. The highest BCUT2D eigenvalue weighted by Gasteiger charge is 2.23. The topological polar surface area (TPSA) is 84.5 Å². The summed E-state index contributed by atoms with van der Waals surface area (Å²) < 4.78 is 33.4. The Morgan fingerprint density at radius 2 is 1.82 bits per heavy atom. The van der Waals surface area contributed by atoms with Crippen LogP contribution in [-0.2, 0) is 14.8 Å². The molecular weight excluding hydrogens is 400 g/mol. The van der Waals surface area contributed by atoms with Gasteiger partial charge in [0.2, 0.25) is 5.91 Å². The van der Waals surface area contributed by atoms with Crippen molar-refractivity contribution in [3.63, 3.8) is 0 Å². The lowest BCUT2D eigenvalue weighted by Crippen LogP contribution is -2.23. The SMILES string of the molecule is COc1ccc(NC(=O)C2CC=CCC2)cc1S(=O)(=O)Nc1ccc(Cl)cc1. The highest BCUT2D eigenvalue weighted by Crippen LogP contribution is 2.30. The maximum absolute atomic E-state index is 12.9. The fourth-order valence-corrected chi connectivity index (χ4v) is 4.35. The van der Waals surface area contributed by atoms with Crippen molar-refractivity contribution in [2.45, 2.75) is 24.2 Å². The molecule has 1 atom stereocenters. The van der Waals surface area contributed by atoms with Crippen molar-refractivity contribution in [3.05, 3.63) is 59.6 Å². The number of hydrogen-bond donors (Lipinski definition) is 2. The Labute approximate surface area is 169 Å². The Morgan fingerprint density at radius 1 is 1.11 bits per heavy atom. The Kier molecular flexibility index (Phi) is 6.26. The van der Waals surface area contributed by atoms with Crippen LogP contribution < -0.4 is 14.8 Å². The average Bonchev–Trinajstić information content (AvgIpc) is 2.70. The van der Waals surface area contributed by atoms with Gasteiger partial charge < -0.3 is 10.1 Å². The Balaban J connectivity index is 1.84. The van der Waals surface area contributed by atoms with Crippen molar-refractivity contribution in [1.82, 2.24) is 0 Å². The molecule has 0 saturated carbocycles. The Bertz CT molecular complexity index is 988. The maximum atomic E-state index is 12.9. The number of benzene rings is 2. The molecule has 0 heterocycles. The van der Waals surface area contributed by atoms with Gasteiger partial charge in [0.15, 0.2) is 0 Å². The molecule has 0 bridgehead atoms. The molecule has 8 heteroatoms. The fourth-order valence-electron chi connectivity index (χ4n) is 2.97. The highest BCUT2D eigenvalue weighted by atomic mass is 35.5. The minimum absolute atomic E-state index is 0.0636. The number of sulfonamides is 1. The van der Waals surface area contributed by atoms with E-state index < -0.39 is 10.0 Å². The maximum Gasteiger partial charge on any atom is 0.265 e. The summed E-state index contributed by atoms with van der Waals surface area (Å²) in [6.45, 7) is 0. The van der Waals surface area contributed by atoms with E-state index >= 15 is 0 Å². The molecule has 0 aromatic heterocycles. The van der Waals surface area contributed by atoms with Crippen molar-refractivity contribution in [3.8, 4) is 5.75 Å². The monoisotopic (exact) mass is 420 g/mol. The summed E-state index contributed by atoms with van der Waals surface area (Å²) in [5, 5.41) is 3.31. The number of carbonyl (C=O) groups excluding carboxylic acids is 1. The normalized spacial score (nSPS) is 16.4. The van der Waals surface area contributed by atoms with Gasteiger partial charge in [-0.2, -0.15) is 0 Å². The van der Waals surface area contributed by atoms with E-state index in [9.17, 15) is 13.2 Å². The van der Waals surface area contributed by atoms with Crippen LogP contribution in [0.5, 0.6) is 5.75 Å². The smallest absolute Gasteiger partial charge is 0.265 e. The van der Waals surface area contributed by atoms with Gasteiger partial charge in [-0.1, -0.05) is 23.8 Å². The summed E-state index contributed by atoms with van der Waals surface area (Å²) in [5.41, 5.74) is 0.770. The molecule has 28 heavy (non-hydrogen) atoms. The summed E-state index contributed by atoms with van der Waals surface area (Å²) in [7, 11) is -2.54. The van der Waals surface area contributed by atoms with Crippen LogP contribution in [0, 0.1) is 5.92 Å². The second-order valence-electron chi connectivity index (χ2n) is 6.45. The number of ether oxygens (including phenoxy) is 1. The predicted octanol–water partition coefficient (Wildman–Crippen LogP) is 4.44. The molecule has 148 valence electrons. The van der Waals surface area contributed by atoms with Crippen LogP contribution in [-0.4, -0.2) is 21.4 Å². The number of rotatable bonds is 6. The molecule has 1 amide bonds. The van der Waals surface area contributed by atoms with Crippen LogP contribution in [0.25, 0.3) is 0 Å². The molecule has 1 aliphatic carbocycles. The van der Waals surface area contributed by atoms with Gasteiger partial charge in [-0.3, -0.25) is 9.52 Å². The van der Waals surface area contributed by atoms with Crippen molar-refractivity contribution in [1.29, 1.82) is 0 Å². The quantitative estimate of drug-likeness (QED) is 0.676. The van der Waals surface area contributed by atoms with Crippen molar-refractivity contribution >= 4 is 38.9 Å². The minimum atomic E-state index is -3.93. The number of anilines is 2. The van der Waals surface area contributed by atoms with E-state index in [4.69, 9.17) is 16.3 Å². The van der Waals surface area contributed by atoms with Gasteiger partial charge in [0.05, 0.1) is 7.11 Å². The van der Waals surface area contributed by atoms with Crippen LogP contribution in [0.1, 0.15) is 19.3 Å². The Morgan fingerprint density at radius 3 is 2.46 bits per heavy atom. The number of methoxy groups -OCH3 is 1. The number of allylic oxidation sites excluding steroid dienone is 2. The number of nitrogens with one attached hydrogen (secondary N) is 2. The molecule has 2 aromatic rings. The molecule has 6 nitrogen and oxygen atoms in total. The first-order valence-electron chi connectivity index (χ1n) is 8.81. The third kappa shape index (κ3) is 4.85. The number of hydrogen-bond acceptors (Lipinski definition) is 4. The summed E-state index contributed by atoms with van der Waals surface area (Å²) >= 11 is 5.84. The summed E-state index contributed by atoms with van der Waals surface area (Å²) in [6.07, 6.45) is 6.39. The zero-order valence-electron chi connectivity index (χ0n) is 15.3. The molecule has 0 saturated heterocycles. The fraction of sp³-hybridized carbons (Fsp3) is 0.250. The van der Waals surface area contributed by atoms with Crippen molar-refractivity contribution < 1.29 is 17.9 Å². The largest absolute Gasteiger partial charge is 0.495 e. The number of carbonyl (C=O) groups is 1. The van der Waals surface area contributed by atoms with Crippen LogP contribution in [0.15, 0.2) is 59.5 Å². The van der Waals surface area contributed by atoms with Crippen LogP contribution in [0.4, 0.5) is 11.4 Å². The minimum Gasteiger partial charge on any atom is -0.495 e. The first kappa shape index (κ1) is 20.2. The number of amides is 1. The van der Waals surface area contributed by atoms with Gasteiger partial charge in [0, 0.05) is 22.3 Å². The van der Waals surface area contributed by atoms with Crippen LogP contribution in [0.2, 0.25) is 5.02 Å². The average molecular weight is 421 g/mol. The first-order valence-corrected chi connectivity index (χ1v) is 10.7. The van der Waals surface area contributed by atoms with Gasteiger partial charge in [-0.15, -0.1) is 0 Å². The van der Waals surface area contributed by atoms with Gasteiger partial charge >= 0.3 is 0 Å². The molecule has 2 N–H and O–H groups in total. The third-order valence-electron chi connectivity index (χ3n) is 4.46. The Hall–Kier alpha value is -2.51. The molecular formula is C20H21ClN2O4S. The van der Waals surface area contributed by atoms with E-state index in [0.29, 0.717) is 22.8 Å².